The highest BCUT2D eigenvalue weighted by Gasteiger charge is 2.03. The molecule has 1 N–H and O–H groups in total. The summed E-state index contributed by atoms with van der Waals surface area (Å²) in [6, 6.07) is 15.1. The van der Waals surface area contributed by atoms with Crippen LogP contribution in [-0.2, 0) is 0 Å². The zero-order chi connectivity index (χ0) is 15.1. The fourth-order valence-electron chi connectivity index (χ4n) is 1.79. The summed E-state index contributed by atoms with van der Waals surface area (Å²) in [6.07, 6.45) is 0. The highest BCUT2D eigenvalue weighted by atomic mass is 79.9. The zero-order valence-corrected chi connectivity index (χ0v) is 13.2. The highest BCUT2D eigenvalue weighted by molar-refractivity contribution is 9.10. The number of hydrogen-bond donors (Lipinski definition) is 1. The third-order valence-electron chi connectivity index (χ3n) is 2.83. The van der Waals surface area contributed by atoms with E-state index in [9.17, 15) is 0 Å². The minimum atomic E-state index is 0.533. The van der Waals surface area contributed by atoms with Crippen molar-refractivity contribution in [2.45, 2.75) is 0 Å². The normalized spacial score (nSPS) is 9.76. The molecule has 0 aromatic heterocycles. The molecule has 2 aromatic rings. The lowest BCUT2D eigenvalue weighted by Crippen LogP contribution is -2.12. The third-order valence-corrected chi connectivity index (χ3v) is 3.36. The molecule has 4 nitrogen and oxygen atoms in total. The van der Waals surface area contributed by atoms with Crippen LogP contribution in [0.4, 0.5) is 5.69 Å². The molecule has 108 valence electrons. The van der Waals surface area contributed by atoms with E-state index < -0.39 is 0 Å². The second kappa shape index (κ2) is 7.55. The molecule has 0 saturated carbocycles. The fourth-order valence-corrected chi connectivity index (χ4v) is 2.06. The van der Waals surface area contributed by atoms with E-state index in [4.69, 9.17) is 14.7 Å². The van der Waals surface area contributed by atoms with E-state index in [1.165, 1.54) is 0 Å². The Hall–Kier alpha value is -2.19. The first kappa shape index (κ1) is 15.2. The van der Waals surface area contributed by atoms with Crippen LogP contribution in [0.15, 0.2) is 46.9 Å². The second-order valence-electron chi connectivity index (χ2n) is 4.26. The van der Waals surface area contributed by atoms with Crippen molar-refractivity contribution in [2.24, 2.45) is 0 Å². The molecule has 0 saturated heterocycles. The second-order valence-corrected chi connectivity index (χ2v) is 5.17. The maximum Gasteiger partial charge on any atom is 0.143 e. The van der Waals surface area contributed by atoms with Gasteiger partial charge in [0.1, 0.15) is 18.1 Å². The summed E-state index contributed by atoms with van der Waals surface area (Å²) in [5.74, 6) is 1.48. The molecule has 0 atom stereocenters. The Kier molecular flexibility index (Phi) is 5.47. The molecule has 21 heavy (non-hydrogen) atoms. The first-order valence-electron chi connectivity index (χ1n) is 6.43. The Morgan fingerprint density at radius 2 is 1.95 bits per heavy atom. The number of hydrogen-bond acceptors (Lipinski definition) is 4. The number of nitrogens with zero attached hydrogens (tertiary/aromatic N) is 1. The maximum absolute atomic E-state index is 8.86. The monoisotopic (exact) mass is 346 g/mol. The summed E-state index contributed by atoms with van der Waals surface area (Å²) in [4.78, 5) is 0. The average Bonchev–Trinajstić information content (AvgIpc) is 2.53. The van der Waals surface area contributed by atoms with Gasteiger partial charge in [-0.25, -0.2) is 0 Å². The van der Waals surface area contributed by atoms with Gasteiger partial charge in [-0.1, -0.05) is 15.9 Å². The lowest BCUT2D eigenvalue weighted by atomic mass is 10.2. The molecular formula is C16H15BrN2O2. The summed E-state index contributed by atoms with van der Waals surface area (Å²) < 4.78 is 11.9. The van der Waals surface area contributed by atoms with Crippen LogP contribution in [0.5, 0.6) is 11.5 Å². The zero-order valence-electron chi connectivity index (χ0n) is 11.6. The highest BCUT2D eigenvalue weighted by Crippen LogP contribution is 2.25. The quantitative estimate of drug-likeness (QED) is 0.807. The van der Waals surface area contributed by atoms with Gasteiger partial charge >= 0.3 is 0 Å². The molecule has 2 aromatic carbocycles. The van der Waals surface area contributed by atoms with Gasteiger partial charge in [-0.3, -0.25) is 0 Å². The summed E-state index contributed by atoms with van der Waals surface area (Å²) in [6.45, 7) is 1.17. The summed E-state index contributed by atoms with van der Waals surface area (Å²) in [5, 5.41) is 12.1. The van der Waals surface area contributed by atoms with E-state index in [0.29, 0.717) is 24.5 Å². The van der Waals surface area contributed by atoms with Crippen molar-refractivity contribution in [1.82, 2.24) is 0 Å². The van der Waals surface area contributed by atoms with Gasteiger partial charge in [-0.2, -0.15) is 5.26 Å². The number of halogens is 1. The van der Waals surface area contributed by atoms with Crippen molar-refractivity contribution in [1.29, 1.82) is 5.26 Å². The van der Waals surface area contributed by atoms with Crippen LogP contribution in [0, 0.1) is 11.3 Å². The molecule has 2 rings (SSSR count). The standard InChI is InChI=1S/C16H15BrN2O2/c1-20-16-10-12(11-18)2-7-15(16)19-8-9-21-14-5-3-13(17)4-6-14/h2-7,10,19H,8-9H2,1H3. The Balaban J connectivity index is 1.86. The lowest BCUT2D eigenvalue weighted by molar-refractivity contribution is 0.332. The SMILES string of the molecule is COc1cc(C#N)ccc1NCCOc1ccc(Br)cc1. The van der Waals surface area contributed by atoms with Crippen molar-refractivity contribution in [2.75, 3.05) is 25.6 Å². The van der Waals surface area contributed by atoms with Crippen LogP contribution < -0.4 is 14.8 Å². The molecule has 0 heterocycles. The molecule has 0 aliphatic heterocycles. The minimum Gasteiger partial charge on any atom is -0.495 e. The van der Waals surface area contributed by atoms with Gasteiger partial charge in [0.15, 0.2) is 0 Å². The van der Waals surface area contributed by atoms with Gasteiger partial charge in [0.05, 0.1) is 24.4 Å². The predicted molar refractivity (Wildman–Crippen MR) is 85.8 cm³/mol. The topological polar surface area (TPSA) is 54.3 Å². The molecule has 0 aliphatic carbocycles. The van der Waals surface area contributed by atoms with Crippen LogP contribution >= 0.6 is 15.9 Å². The van der Waals surface area contributed by atoms with Gasteiger partial charge in [0.2, 0.25) is 0 Å². The maximum atomic E-state index is 8.86. The van der Waals surface area contributed by atoms with E-state index in [0.717, 1.165) is 15.9 Å². The lowest BCUT2D eigenvalue weighted by Gasteiger charge is -2.12. The van der Waals surface area contributed by atoms with E-state index >= 15 is 0 Å². The molecule has 0 radical (unpaired) electrons. The van der Waals surface area contributed by atoms with Crippen molar-refractivity contribution < 1.29 is 9.47 Å². The first-order valence-corrected chi connectivity index (χ1v) is 7.22. The Bertz CT molecular complexity index is 636. The molecule has 0 aliphatic rings. The van der Waals surface area contributed by atoms with Gasteiger partial charge in [-0.15, -0.1) is 0 Å². The van der Waals surface area contributed by atoms with E-state index in [2.05, 4.69) is 27.3 Å². The van der Waals surface area contributed by atoms with E-state index in [1.54, 1.807) is 19.2 Å². The molecule has 0 spiro atoms. The van der Waals surface area contributed by atoms with E-state index in [-0.39, 0.29) is 0 Å². The van der Waals surface area contributed by atoms with Crippen molar-refractivity contribution >= 4 is 21.6 Å². The summed E-state index contributed by atoms with van der Waals surface area (Å²) in [5.41, 5.74) is 1.42. The molecular weight excluding hydrogens is 332 g/mol. The minimum absolute atomic E-state index is 0.533. The molecule has 5 heteroatoms. The first-order chi connectivity index (χ1) is 10.2. The molecule has 0 unspecified atom stereocenters. The number of benzene rings is 2. The Labute approximate surface area is 132 Å². The van der Waals surface area contributed by atoms with Gasteiger partial charge < -0.3 is 14.8 Å². The number of rotatable bonds is 6. The largest absolute Gasteiger partial charge is 0.495 e. The Morgan fingerprint density at radius 3 is 2.62 bits per heavy atom. The average molecular weight is 347 g/mol. The van der Waals surface area contributed by atoms with Gasteiger partial charge in [-0.05, 0) is 36.4 Å². The number of nitrogens with one attached hydrogen (secondary N) is 1. The summed E-state index contributed by atoms with van der Waals surface area (Å²) in [7, 11) is 1.58. The van der Waals surface area contributed by atoms with Crippen LogP contribution in [0.3, 0.4) is 0 Å². The van der Waals surface area contributed by atoms with Crippen LogP contribution in [-0.4, -0.2) is 20.3 Å². The molecule has 0 fully saturated rings. The van der Waals surface area contributed by atoms with Crippen LogP contribution in [0.2, 0.25) is 0 Å². The van der Waals surface area contributed by atoms with Crippen LogP contribution in [0.1, 0.15) is 5.56 Å². The van der Waals surface area contributed by atoms with Gasteiger partial charge in [0, 0.05) is 17.1 Å². The molecule has 0 bridgehead atoms. The van der Waals surface area contributed by atoms with Gasteiger partial charge in [0.25, 0.3) is 0 Å². The number of nitriles is 1. The number of methoxy groups -OCH3 is 1. The number of ether oxygens (including phenoxy) is 2. The fraction of sp³-hybridized carbons (Fsp3) is 0.188. The summed E-state index contributed by atoms with van der Waals surface area (Å²) >= 11 is 3.38. The predicted octanol–water partition coefficient (Wildman–Crippen LogP) is 3.82. The smallest absolute Gasteiger partial charge is 0.143 e. The third kappa shape index (κ3) is 4.40. The van der Waals surface area contributed by atoms with E-state index in [1.807, 2.05) is 30.3 Å². The number of anilines is 1. The Morgan fingerprint density at radius 1 is 1.19 bits per heavy atom. The molecule has 0 amide bonds. The van der Waals surface area contributed by atoms with Crippen molar-refractivity contribution in [3.8, 4) is 17.6 Å². The van der Waals surface area contributed by atoms with Crippen molar-refractivity contribution in [3.05, 3.63) is 52.5 Å². The van der Waals surface area contributed by atoms with Crippen LogP contribution in [0.25, 0.3) is 0 Å². The van der Waals surface area contributed by atoms with Crippen molar-refractivity contribution in [3.63, 3.8) is 0 Å².